The van der Waals surface area contributed by atoms with Gasteiger partial charge in [0.15, 0.2) is 11.6 Å². The van der Waals surface area contributed by atoms with Crippen LogP contribution in [-0.2, 0) is 16.4 Å². The molecular weight excluding hydrogens is 327 g/mol. The Labute approximate surface area is 132 Å². The minimum absolute atomic E-state index is 0.130. The molecule has 0 fully saturated rings. The van der Waals surface area contributed by atoms with Gasteiger partial charge in [-0.3, -0.25) is 4.72 Å². The Morgan fingerprint density at radius 3 is 2.61 bits per heavy atom. The first kappa shape index (κ1) is 16.9. The highest BCUT2D eigenvalue weighted by Crippen LogP contribution is 2.27. The standard InChI is InChI=1S/C14H15FN2O5S/c1-4-10-13(8(3)22-16-10)17-23(20,21)11-6-7(2)5-9(12(11)15)14(18)19/h5-6,17H,4H2,1-3H3,(H,18,19). The molecule has 2 N–H and O–H groups in total. The Hall–Kier alpha value is -2.42. The topological polar surface area (TPSA) is 110 Å². The van der Waals surface area contributed by atoms with E-state index in [1.807, 2.05) is 0 Å². The maximum absolute atomic E-state index is 14.3. The van der Waals surface area contributed by atoms with Crippen molar-refractivity contribution in [3.8, 4) is 0 Å². The second-order valence-electron chi connectivity index (χ2n) is 4.95. The Morgan fingerprint density at radius 1 is 1.39 bits per heavy atom. The molecule has 1 aromatic heterocycles. The van der Waals surface area contributed by atoms with Gasteiger partial charge in [-0.2, -0.15) is 0 Å². The third kappa shape index (κ3) is 3.19. The van der Waals surface area contributed by atoms with Gasteiger partial charge in [0.05, 0.1) is 5.56 Å². The van der Waals surface area contributed by atoms with E-state index in [9.17, 15) is 17.6 Å². The molecule has 0 bridgehead atoms. The lowest BCUT2D eigenvalue weighted by Crippen LogP contribution is -2.18. The minimum Gasteiger partial charge on any atom is -0.478 e. The summed E-state index contributed by atoms with van der Waals surface area (Å²) in [7, 11) is -4.34. The largest absolute Gasteiger partial charge is 0.478 e. The number of halogens is 1. The van der Waals surface area contributed by atoms with Crippen LogP contribution in [0.25, 0.3) is 0 Å². The first-order chi connectivity index (χ1) is 10.7. The second kappa shape index (κ2) is 5.99. The van der Waals surface area contributed by atoms with Gasteiger partial charge in [0.25, 0.3) is 10.0 Å². The lowest BCUT2D eigenvalue weighted by atomic mass is 10.1. The summed E-state index contributed by atoms with van der Waals surface area (Å²) >= 11 is 0. The van der Waals surface area contributed by atoms with E-state index in [1.165, 1.54) is 13.8 Å². The lowest BCUT2D eigenvalue weighted by Gasteiger charge is -2.11. The first-order valence-corrected chi connectivity index (χ1v) is 8.17. The zero-order valence-electron chi connectivity index (χ0n) is 12.7. The number of aryl methyl sites for hydroxylation is 3. The summed E-state index contributed by atoms with van der Waals surface area (Å²) < 4.78 is 46.3. The zero-order valence-corrected chi connectivity index (χ0v) is 13.5. The molecule has 0 aliphatic rings. The number of benzene rings is 1. The third-order valence-corrected chi connectivity index (χ3v) is 4.56. The molecule has 0 atom stereocenters. The van der Waals surface area contributed by atoms with Crippen LogP contribution in [0.1, 0.15) is 34.3 Å². The van der Waals surface area contributed by atoms with E-state index >= 15 is 0 Å². The number of aromatic carboxylic acids is 1. The molecule has 124 valence electrons. The Kier molecular flexibility index (Phi) is 4.42. The average Bonchev–Trinajstić information content (AvgIpc) is 2.80. The fraction of sp³-hybridized carbons (Fsp3) is 0.286. The van der Waals surface area contributed by atoms with E-state index in [2.05, 4.69) is 9.88 Å². The molecule has 2 aromatic rings. The molecule has 0 aliphatic heterocycles. The summed E-state index contributed by atoms with van der Waals surface area (Å²) in [5.41, 5.74) is 0.105. The number of rotatable bonds is 5. The van der Waals surface area contributed by atoms with Gasteiger partial charge >= 0.3 is 5.97 Å². The van der Waals surface area contributed by atoms with Crippen LogP contribution in [0.5, 0.6) is 0 Å². The number of carbonyl (C=O) groups is 1. The van der Waals surface area contributed by atoms with Crippen molar-refractivity contribution in [2.24, 2.45) is 0 Å². The highest BCUT2D eigenvalue weighted by Gasteiger charge is 2.27. The van der Waals surface area contributed by atoms with Crippen LogP contribution in [0.3, 0.4) is 0 Å². The van der Waals surface area contributed by atoms with Crippen molar-refractivity contribution in [2.75, 3.05) is 4.72 Å². The van der Waals surface area contributed by atoms with Gasteiger partial charge < -0.3 is 9.63 Å². The van der Waals surface area contributed by atoms with Crippen molar-refractivity contribution in [3.63, 3.8) is 0 Å². The summed E-state index contributed by atoms with van der Waals surface area (Å²) in [6.45, 7) is 4.75. The molecule has 0 saturated heterocycles. The average molecular weight is 342 g/mol. The molecule has 0 amide bonds. The number of sulfonamides is 1. The number of hydrogen-bond donors (Lipinski definition) is 2. The highest BCUT2D eigenvalue weighted by atomic mass is 32.2. The molecule has 9 heteroatoms. The summed E-state index contributed by atoms with van der Waals surface area (Å²) in [5.74, 6) is -2.63. The van der Waals surface area contributed by atoms with Crippen molar-refractivity contribution in [2.45, 2.75) is 32.1 Å². The predicted octanol–water partition coefficient (Wildman–Crippen LogP) is 2.49. The van der Waals surface area contributed by atoms with Gasteiger partial charge in [0, 0.05) is 0 Å². The smallest absolute Gasteiger partial charge is 0.338 e. The van der Waals surface area contributed by atoms with Crippen molar-refractivity contribution < 1.29 is 27.2 Å². The highest BCUT2D eigenvalue weighted by molar-refractivity contribution is 7.92. The molecular formula is C14H15FN2O5S. The zero-order chi connectivity index (χ0) is 17.4. The molecule has 0 aliphatic carbocycles. The fourth-order valence-electron chi connectivity index (χ4n) is 2.07. The second-order valence-corrected chi connectivity index (χ2v) is 6.60. The Morgan fingerprint density at radius 2 is 2.04 bits per heavy atom. The van der Waals surface area contributed by atoms with Crippen LogP contribution in [0, 0.1) is 19.7 Å². The number of carboxylic acid groups (broad SMARTS) is 1. The third-order valence-electron chi connectivity index (χ3n) is 3.21. The van der Waals surface area contributed by atoms with Gasteiger partial charge in [-0.05, 0) is 38.0 Å². The van der Waals surface area contributed by atoms with Crippen LogP contribution in [-0.4, -0.2) is 24.7 Å². The van der Waals surface area contributed by atoms with Gasteiger partial charge in [-0.15, -0.1) is 0 Å². The van der Waals surface area contributed by atoms with E-state index in [0.717, 1.165) is 12.1 Å². The molecule has 23 heavy (non-hydrogen) atoms. The fourth-order valence-corrected chi connectivity index (χ4v) is 3.39. The number of nitrogens with zero attached hydrogens (tertiary/aromatic N) is 1. The van der Waals surface area contributed by atoms with Gasteiger partial charge in [-0.25, -0.2) is 17.6 Å². The molecule has 1 heterocycles. The SMILES string of the molecule is CCc1noc(C)c1NS(=O)(=O)c1cc(C)cc(C(=O)O)c1F. The summed E-state index contributed by atoms with van der Waals surface area (Å²) in [6.07, 6.45) is 0.409. The maximum atomic E-state index is 14.3. The van der Waals surface area contributed by atoms with Crippen LogP contribution in [0.4, 0.5) is 10.1 Å². The van der Waals surface area contributed by atoms with E-state index < -0.39 is 32.3 Å². The number of anilines is 1. The van der Waals surface area contributed by atoms with Crippen LogP contribution >= 0.6 is 0 Å². The summed E-state index contributed by atoms with van der Waals surface area (Å²) in [6, 6.07) is 2.14. The van der Waals surface area contributed by atoms with Crippen molar-refractivity contribution in [1.82, 2.24) is 5.16 Å². The maximum Gasteiger partial charge on any atom is 0.338 e. The van der Waals surface area contributed by atoms with Gasteiger partial charge in [-0.1, -0.05) is 12.1 Å². The molecule has 2 rings (SSSR count). The van der Waals surface area contributed by atoms with Crippen LogP contribution < -0.4 is 4.72 Å². The molecule has 0 radical (unpaired) electrons. The Balaban J connectivity index is 2.56. The Bertz CT molecular complexity index is 874. The van der Waals surface area contributed by atoms with E-state index in [0.29, 0.717) is 17.7 Å². The lowest BCUT2D eigenvalue weighted by molar-refractivity contribution is 0.0691. The normalized spacial score (nSPS) is 11.5. The van der Waals surface area contributed by atoms with Crippen molar-refractivity contribution in [3.05, 3.63) is 40.5 Å². The quantitative estimate of drug-likeness (QED) is 0.864. The first-order valence-electron chi connectivity index (χ1n) is 6.68. The van der Waals surface area contributed by atoms with E-state index in [1.54, 1.807) is 6.92 Å². The number of carboxylic acids is 1. The van der Waals surface area contributed by atoms with Gasteiger partial charge in [0.1, 0.15) is 16.3 Å². The van der Waals surface area contributed by atoms with Crippen molar-refractivity contribution in [1.29, 1.82) is 0 Å². The minimum atomic E-state index is -4.34. The van der Waals surface area contributed by atoms with E-state index in [-0.39, 0.29) is 11.4 Å². The van der Waals surface area contributed by atoms with Crippen molar-refractivity contribution >= 4 is 21.7 Å². The monoisotopic (exact) mass is 342 g/mol. The molecule has 1 aromatic carbocycles. The molecule has 7 nitrogen and oxygen atoms in total. The molecule has 0 unspecified atom stereocenters. The number of nitrogens with one attached hydrogen (secondary N) is 1. The summed E-state index contributed by atoms with van der Waals surface area (Å²) in [5, 5.41) is 12.7. The number of aromatic nitrogens is 1. The molecule has 0 saturated carbocycles. The van der Waals surface area contributed by atoms with Gasteiger partial charge in [0.2, 0.25) is 0 Å². The van der Waals surface area contributed by atoms with E-state index in [4.69, 9.17) is 9.63 Å². The predicted molar refractivity (Wildman–Crippen MR) is 79.5 cm³/mol. The number of hydrogen-bond acceptors (Lipinski definition) is 5. The van der Waals surface area contributed by atoms with Crippen LogP contribution in [0.2, 0.25) is 0 Å². The van der Waals surface area contributed by atoms with Crippen LogP contribution in [0.15, 0.2) is 21.6 Å². The molecule has 0 spiro atoms. The summed E-state index contributed by atoms with van der Waals surface area (Å²) in [4.78, 5) is 10.3.